The summed E-state index contributed by atoms with van der Waals surface area (Å²) in [6.07, 6.45) is 1.73. The molecule has 1 unspecified atom stereocenters. The molecule has 5 rings (SSSR count). The Bertz CT molecular complexity index is 752. The Morgan fingerprint density at radius 2 is 1.94 bits per heavy atom. The first-order valence-corrected chi connectivity index (χ1v) is 7.90. The van der Waals surface area contributed by atoms with E-state index in [4.69, 9.17) is 10.2 Å². The van der Waals surface area contributed by atoms with E-state index < -0.39 is 7.14 Å². The number of aromatic nitrogens is 1. The van der Waals surface area contributed by atoms with Gasteiger partial charge in [0.15, 0.2) is 11.3 Å². The fourth-order valence-corrected chi connectivity index (χ4v) is 5.11. The van der Waals surface area contributed by atoms with Crippen LogP contribution in [-0.2, 0) is 17.4 Å². The number of pyridine rings is 1. The van der Waals surface area contributed by atoms with Gasteiger partial charge in [-0.25, -0.2) is 4.98 Å². The molecule has 18 heavy (non-hydrogen) atoms. The van der Waals surface area contributed by atoms with Crippen LogP contribution in [-0.4, -0.2) is 4.98 Å². The number of fused-ring (bicyclic) bond motifs is 1. The average Bonchev–Trinajstić information content (AvgIpc) is 3.01. The SMILES string of the molecule is CCc1cc(CC)c(-c2oc3c4c2P34=O)nc1N. The second-order valence-corrected chi connectivity index (χ2v) is 7.31. The molecule has 0 spiro atoms. The Morgan fingerprint density at radius 3 is 2.44 bits per heavy atom. The maximum absolute atomic E-state index is 12.0. The van der Waals surface area contributed by atoms with Crippen LogP contribution in [0.2, 0.25) is 0 Å². The molecule has 4 nitrogen and oxygen atoms in total. The lowest BCUT2D eigenvalue weighted by atomic mass is 10.0. The summed E-state index contributed by atoms with van der Waals surface area (Å²) >= 11 is 0. The monoisotopic (exact) mass is 260 g/mol. The molecular weight excluding hydrogens is 247 g/mol. The largest absolute Gasteiger partial charge is 0.449 e. The van der Waals surface area contributed by atoms with Gasteiger partial charge in [0.05, 0.1) is 10.6 Å². The van der Waals surface area contributed by atoms with Gasteiger partial charge in [0.2, 0.25) is 7.14 Å². The van der Waals surface area contributed by atoms with Crippen molar-refractivity contribution < 1.29 is 8.98 Å². The number of nitrogens with zero attached hydrogens (tertiary/aromatic N) is 1. The van der Waals surface area contributed by atoms with Crippen molar-refractivity contribution in [2.24, 2.45) is 0 Å². The highest BCUT2D eigenvalue weighted by molar-refractivity contribution is 8.06. The molecule has 3 aliphatic heterocycles. The summed E-state index contributed by atoms with van der Waals surface area (Å²) in [6.45, 7) is 4.14. The minimum Gasteiger partial charge on any atom is -0.449 e. The third kappa shape index (κ3) is 0.952. The number of hydrogen-bond donors (Lipinski definition) is 1. The normalized spacial score (nSPS) is 21.9. The topological polar surface area (TPSA) is 69.1 Å². The van der Waals surface area contributed by atoms with Gasteiger partial charge < -0.3 is 14.7 Å². The molecule has 2 aromatic rings. The number of nitrogen functional groups attached to an aromatic ring is 1. The number of hydrogen-bond acceptors (Lipinski definition) is 4. The van der Waals surface area contributed by atoms with Crippen LogP contribution in [0.5, 0.6) is 0 Å². The zero-order chi connectivity index (χ0) is 12.7. The van der Waals surface area contributed by atoms with Gasteiger partial charge in [-0.3, -0.25) is 0 Å². The molecule has 5 heteroatoms. The van der Waals surface area contributed by atoms with Crippen molar-refractivity contribution in [1.82, 2.24) is 4.98 Å². The van der Waals surface area contributed by atoms with Gasteiger partial charge in [-0.2, -0.15) is 0 Å². The Hall–Kier alpha value is -1.54. The Balaban J connectivity index is 1.92. The van der Waals surface area contributed by atoms with E-state index in [0.29, 0.717) is 11.6 Å². The number of rotatable bonds is 3. The van der Waals surface area contributed by atoms with Gasteiger partial charge >= 0.3 is 0 Å². The van der Waals surface area contributed by atoms with E-state index >= 15 is 0 Å². The van der Waals surface area contributed by atoms with Crippen LogP contribution < -0.4 is 21.8 Å². The molecule has 0 aromatic carbocycles. The number of aryl methyl sites for hydroxylation is 2. The van der Waals surface area contributed by atoms with Gasteiger partial charge in [0.1, 0.15) is 11.5 Å². The first-order chi connectivity index (χ1) is 8.62. The summed E-state index contributed by atoms with van der Waals surface area (Å²) in [4.78, 5) is 4.47. The molecular formula is C13H13N2O2P. The summed E-state index contributed by atoms with van der Waals surface area (Å²) < 4.78 is 17.6. The molecule has 1 atom stereocenters. The van der Waals surface area contributed by atoms with E-state index in [1.807, 2.05) is 0 Å². The highest BCUT2D eigenvalue weighted by Crippen LogP contribution is 2.70. The van der Waals surface area contributed by atoms with Crippen molar-refractivity contribution in [3.8, 4) is 11.5 Å². The summed E-state index contributed by atoms with van der Waals surface area (Å²) in [5.41, 5.74) is 9.63. The van der Waals surface area contributed by atoms with Crippen LogP contribution in [0, 0.1) is 0 Å². The van der Waals surface area contributed by atoms with E-state index in [-0.39, 0.29) is 0 Å². The lowest BCUT2D eigenvalue weighted by Crippen LogP contribution is -2.04. The predicted molar refractivity (Wildman–Crippen MR) is 71.6 cm³/mol. The van der Waals surface area contributed by atoms with Gasteiger partial charge in [-0.05, 0) is 30.0 Å². The van der Waals surface area contributed by atoms with Crippen LogP contribution in [0.15, 0.2) is 10.5 Å². The van der Waals surface area contributed by atoms with Crippen molar-refractivity contribution in [2.45, 2.75) is 26.7 Å². The lowest BCUT2D eigenvalue weighted by Gasteiger charge is -2.09. The number of furan rings is 1. The average molecular weight is 260 g/mol. The Morgan fingerprint density at radius 1 is 1.28 bits per heavy atom. The quantitative estimate of drug-likeness (QED) is 0.564. The van der Waals surface area contributed by atoms with Crippen molar-refractivity contribution in [3.63, 3.8) is 0 Å². The summed E-state index contributed by atoms with van der Waals surface area (Å²) in [6, 6.07) is 2.09. The third-order valence-corrected chi connectivity index (χ3v) is 6.40. The zero-order valence-corrected chi connectivity index (χ0v) is 11.2. The number of anilines is 1. The second-order valence-electron chi connectivity index (χ2n) is 4.79. The van der Waals surface area contributed by atoms with Crippen molar-refractivity contribution in [3.05, 3.63) is 17.2 Å². The second kappa shape index (κ2) is 2.89. The highest BCUT2D eigenvalue weighted by Gasteiger charge is 2.74. The standard InChI is InChI=1S/C13H13N2O2P/c1-3-6-5-7(4-2)12(14)15-8(6)9-10-11-13(17-9)18(10,11)16/h5H,3-4H2,1-2H3,(H2,14,15). The van der Waals surface area contributed by atoms with Crippen LogP contribution in [0.4, 0.5) is 5.82 Å². The maximum Gasteiger partial charge on any atom is 0.214 e. The summed E-state index contributed by atoms with van der Waals surface area (Å²) in [7, 11) is -2.17. The fourth-order valence-electron chi connectivity index (χ4n) is 2.63. The van der Waals surface area contributed by atoms with E-state index in [0.717, 1.165) is 45.8 Å². The first-order valence-electron chi connectivity index (χ1n) is 6.20. The molecule has 2 aromatic heterocycles. The maximum atomic E-state index is 12.0. The van der Waals surface area contributed by atoms with E-state index in [1.165, 1.54) is 0 Å². The van der Waals surface area contributed by atoms with E-state index in [9.17, 15) is 4.57 Å². The predicted octanol–water partition coefficient (Wildman–Crippen LogP) is 1.31. The third-order valence-electron chi connectivity index (χ3n) is 3.85. The van der Waals surface area contributed by atoms with E-state index in [1.54, 1.807) is 0 Å². The van der Waals surface area contributed by atoms with Gasteiger partial charge in [0.25, 0.3) is 0 Å². The molecule has 92 valence electrons. The van der Waals surface area contributed by atoms with Crippen LogP contribution >= 0.6 is 7.14 Å². The fraction of sp³-hybridized carbons (Fsp3) is 0.308. The molecule has 0 aliphatic carbocycles. The van der Waals surface area contributed by atoms with Crippen LogP contribution in [0.25, 0.3) is 11.5 Å². The van der Waals surface area contributed by atoms with Crippen molar-refractivity contribution >= 4 is 29.1 Å². The van der Waals surface area contributed by atoms with Crippen LogP contribution in [0.3, 0.4) is 0 Å². The molecule has 0 amide bonds. The summed E-state index contributed by atoms with van der Waals surface area (Å²) in [5, 5.41) is 1.89. The molecule has 0 fully saturated rings. The number of nitrogens with two attached hydrogens (primary N) is 1. The van der Waals surface area contributed by atoms with E-state index in [2.05, 4.69) is 24.9 Å². The minimum absolute atomic E-state index is 0.550. The molecule has 0 saturated heterocycles. The van der Waals surface area contributed by atoms with Gasteiger partial charge in [-0.15, -0.1) is 0 Å². The van der Waals surface area contributed by atoms with Crippen molar-refractivity contribution in [1.29, 1.82) is 0 Å². The molecule has 0 radical (unpaired) electrons. The molecule has 5 heterocycles. The Labute approximate surface area is 105 Å². The van der Waals surface area contributed by atoms with Crippen molar-refractivity contribution in [2.75, 3.05) is 5.73 Å². The lowest BCUT2D eigenvalue weighted by molar-refractivity contribution is 0.590. The smallest absolute Gasteiger partial charge is 0.214 e. The minimum atomic E-state index is -2.17. The first kappa shape index (κ1) is 10.4. The molecule has 0 saturated carbocycles. The summed E-state index contributed by atoms with van der Waals surface area (Å²) in [5.74, 6) is 1.25. The highest BCUT2D eigenvalue weighted by atomic mass is 31.2. The zero-order valence-electron chi connectivity index (χ0n) is 10.3. The molecule has 2 N–H and O–H groups in total. The molecule has 2 bridgehead atoms. The van der Waals surface area contributed by atoms with Gasteiger partial charge in [0, 0.05) is 0 Å². The van der Waals surface area contributed by atoms with Gasteiger partial charge in [-0.1, -0.05) is 13.8 Å². The Kier molecular flexibility index (Phi) is 1.67. The van der Waals surface area contributed by atoms with Crippen LogP contribution in [0.1, 0.15) is 25.0 Å². The molecule has 3 aliphatic rings.